The molecule has 0 saturated carbocycles. The quantitative estimate of drug-likeness (QED) is 0.321. The number of ketones is 1. The summed E-state index contributed by atoms with van der Waals surface area (Å²) < 4.78 is 1.96. The van der Waals surface area contributed by atoms with Crippen molar-refractivity contribution < 1.29 is 14.7 Å². The second-order valence-electron chi connectivity index (χ2n) is 9.44. The van der Waals surface area contributed by atoms with E-state index in [4.69, 9.17) is 4.99 Å². The van der Waals surface area contributed by atoms with Crippen molar-refractivity contribution >= 4 is 28.8 Å². The molecule has 2 aromatic heterocycles. The number of carbonyl (C=O) groups is 2. The van der Waals surface area contributed by atoms with E-state index in [1.807, 2.05) is 66.1 Å². The third-order valence-corrected chi connectivity index (χ3v) is 8.21. The minimum Gasteiger partial charge on any atom is -0.481 e. The standard InChI is InChI=1S/C29H28N4O3S/c1-16-18(3)37-28-24(16)26(30-25(17(2)29(35)36)27-32-31-19(4)33(27)28)22-13-10-20(11-14-22)12-15-23(34)21-8-6-5-7-9-21/h5-11,13-14,17,25H,12,15H2,1-4H3,(H,35,36)/t17?,25-/m0/s1. The fraction of sp³-hybridized carbons (Fsp3) is 0.276. The molecule has 2 aromatic carbocycles. The van der Waals surface area contributed by atoms with Crippen molar-refractivity contribution in [2.75, 3.05) is 0 Å². The van der Waals surface area contributed by atoms with Gasteiger partial charge in [-0.25, -0.2) is 0 Å². The molecule has 0 spiro atoms. The molecule has 1 aliphatic heterocycles. The normalized spacial score (nSPS) is 15.4. The number of hydrogen-bond donors (Lipinski definition) is 1. The molecule has 0 saturated heterocycles. The molecule has 3 heterocycles. The maximum Gasteiger partial charge on any atom is 0.308 e. The minimum atomic E-state index is -0.933. The third-order valence-electron chi connectivity index (χ3n) is 7.02. The van der Waals surface area contributed by atoms with Crippen molar-refractivity contribution in [3.8, 4) is 5.00 Å². The molecular formula is C29H28N4O3S. The number of aliphatic imine (C=N–C) groups is 1. The third kappa shape index (κ3) is 4.53. The van der Waals surface area contributed by atoms with Crippen LogP contribution in [-0.4, -0.2) is 37.3 Å². The Bertz CT molecular complexity index is 1520. The Morgan fingerprint density at radius 2 is 1.73 bits per heavy atom. The van der Waals surface area contributed by atoms with Gasteiger partial charge in [0.25, 0.3) is 0 Å². The maximum absolute atomic E-state index is 12.5. The SMILES string of the molecule is Cc1sc2c(c1C)C(c1ccc(CCC(=O)c3ccccc3)cc1)=N[C@@H](C(C)C(=O)O)c1nnc(C)n1-2. The Kier molecular flexibility index (Phi) is 6.60. The van der Waals surface area contributed by atoms with Crippen LogP contribution in [-0.2, 0) is 11.2 Å². The van der Waals surface area contributed by atoms with E-state index in [0.29, 0.717) is 24.5 Å². The highest BCUT2D eigenvalue weighted by Gasteiger charge is 2.36. The van der Waals surface area contributed by atoms with Crippen LogP contribution in [0.5, 0.6) is 0 Å². The van der Waals surface area contributed by atoms with Crippen LogP contribution in [0.2, 0.25) is 0 Å². The number of thiophene rings is 1. The average Bonchev–Trinajstić information content (AvgIpc) is 3.37. The number of carboxylic acids is 1. The van der Waals surface area contributed by atoms with E-state index in [2.05, 4.69) is 24.0 Å². The second kappa shape index (κ2) is 9.86. The number of Topliss-reactive ketones (excluding diaryl/α,β-unsaturated/α-hetero) is 1. The van der Waals surface area contributed by atoms with Gasteiger partial charge in [-0.15, -0.1) is 21.5 Å². The van der Waals surface area contributed by atoms with E-state index < -0.39 is 17.9 Å². The van der Waals surface area contributed by atoms with E-state index in [9.17, 15) is 14.7 Å². The van der Waals surface area contributed by atoms with E-state index in [-0.39, 0.29) is 5.78 Å². The van der Waals surface area contributed by atoms with E-state index in [0.717, 1.165) is 43.4 Å². The Hall–Kier alpha value is -3.91. The fourth-order valence-electron chi connectivity index (χ4n) is 4.67. The molecule has 188 valence electrons. The molecule has 1 unspecified atom stereocenters. The summed E-state index contributed by atoms with van der Waals surface area (Å²) in [5, 5.41) is 19.4. The number of aliphatic carboxylic acids is 1. The highest BCUT2D eigenvalue weighted by molar-refractivity contribution is 7.15. The van der Waals surface area contributed by atoms with E-state index in [1.165, 1.54) is 0 Å². The van der Waals surface area contributed by atoms with Crippen LogP contribution in [0.1, 0.15) is 68.5 Å². The Morgan fingerprint density at radius 1 is 1.03 bits per heavy atom. The van der Waals surface area contributed by atoms with Crippen molar-refractivity contribution in [3.05, 3.63) is 98.9 Å². The molecule has 0 fully saturated rings. The van der Waals surface area contributed by atoms with Gasteiger partial charge in [0.15, 0.2) is 11.6 Å². The highest BCUT2D eigenvalue weighted by atomic mass is 32.1. The van der Waals surface area contributed by atoms with Crippen LogP contribution in [0.25, 0.3) is 5.00 Å². The summed E-state index contributed by atoms with van der Waals surface area (Å²) in [6.07, 6.45) is 1.07. The van der Waals surface area contributed by atoms with Gasteiger partial charge in [0.05, 0.1) is 11.6 Å². The number of carboxylic acid groups (broad SMARTS) is 1. The summed E-state index contributed by atoms with van der Waals surface area (Å²) in [4.78, 5) is 30.8. The first-order valence-electron chi connectivity index (χ1n) is 12.3. The van der Waals surface area contributed by atoms with Crippen molar-refractivity contribution in [2.24, 2.45) is 10.9 Å². The Balaban J connectivity index is 1.53. The van der Waals surface area contributed by atoms with Gasteiger partial charge in [-0.05, 0) is 45.2 Å². The zero-order chi connectivity index (χ0) is 26.3. The summed E-state index contributed by atoms with van der Waals surface area (Å²) in [5.41, 5.74) is 5.54. The lowest BCUT2D eigenvalue weighted by atomic mass is 9.96. The van der Waals surface area contributed by atoms with E-state index >= 15 is 0 Å². The smallest absolute Gasteiger partial charge is 0.308 e. The first-order valence-corrected chi connectivity index (χ1v) is 13.1. The van der Waals surface area contributed by atoms with Gasteiger partial charge in [0, 0.05) is 28.0 Å². The number of aryl methyl sites for hydroxylation is 3. The lowest BCUT2D eigenvalue weighted by molar-refractivity contribution is -0.141. The van der Waals surface area contributed by atoms with E-state index in [1.54, 1.807) is 18.3 Å². The first kappa shape index (κ1) is 24.8. The maximum atomic E-state index is 12.5. The van der Waals surface area contributed by atoms with Crippen molar-refractivity contribution in [1.29, 1.82) is 0 Å². The molecule has 4 aromatic rings. The number of benzene rings is 2. The van der Waals surface area contributed by atoms with Gasteiger partial charge >= 0.3 is 5.97 Å². The molecule has 8 heteroatoms. The first-order chi connectivity index (χ1) is 17.8. The molecular weight excluding hydrogens is 484 g/mol. The van der Waals surface area contributed by atoms with Crippen LogP contribution in [0.3, 0.4) is 0 Å². The number of nitrogens with zero attached hydrogens (tertiary/aromatic N) is 4. The number of hydrogen-bond acceptors (Lipinski definition) is 6. The van der Waals surface area contributed by atoms with Crippen molar-refractivity contribution in [3.63, 3.8) is 0 Å². The van der Waals surface area contributed by atoms with Crippen LogP contribution in [0, 0.1) is 26.7 Å². The number of carbonyl (C=O) groups excluding carboxylic acids is 1. The molecule has 7 nitrogen and oxygen atoms in total. The second-order valence-corrected chi connectivity index (χ2v) is 10.6. The molecule has 0 aliphatic carbocycles. The largest absolute Gasteiger partial charge is 0.481 e. The fourth-order valence-corrected chi connectivity index (χ4v) is 5.89. The number of rotatable bonds is 7. The molecule has 0 radical (unpaired) electrons. The van der Waals surface area contributed by atoms with Crippen LogP contribution in [0.4, 0.5) is 0 Å². The van der Waals surface area contributed by atoms with Gasteiger partial charge < -0.3 is 5.11 Å². The zero-order valence-corrected chi connectivity index (χ0v) is 22.0. The molecule has 5 rings (SSSR count). The lowest BCUT2D eigenvalue weighted by Crippen LogP contribution is -2.21. The van der Waals surface area contributed by atoms with Gasteiger partial charge in [-0.1, -0.05) is 54.6 Å². The van der Waals surface area contributed by atoms with Gasteiger partial charge in [0.1, 0.15) is 16.9 Å². The molecule has 1 aliphatic rings. The van der Waals surface area contributed by atoms with Crippen LogP contribution >= 0.6 is 11.3 Å². The molecule has 2 atom stereocenters. The number of aromatic nitrogens is 3. The molecule has 0 bridgehead atoms. The average molecular weight is 513 g/mol. The summed E-state index contributed by atoms with van der Waals surface area (Å²) in [7, 11) is 0. The summed E-state index contributed by atoms with van der Waals surface area (Å²) in [6.45, 7) is 7.69. The minimum absolute atomic E-state index is 0.121. The van der Waals surface area contributed by atoms with Crippen molar-refractivity contribution in [1.82, 2.24) is 14.8 Å². The molecule has 37 heavy (non-hydrogen) atoms. The van der Waals surface area contributed by atoms with Gasteiger partial charge in [-0.3, -0.25) is 19.1 Å². The summed E-state index contributed by atoms with van der Waals surface area (Å²) in [6, 6.07) is 16.7. The topological polar surface area (TPSA) is 97.4 Å². The van der Waals surface area contributed by atoms with Crippen LogP contribution in [0.15, 0.2) is 59.6 Å². The van der Waals surface area contributed by atoms with Crippen molar-refractivity contribution in [2.45, 2.75) is 46.6 Å². The lowest BCUT2D eigenvalue weighted by Gasteiger charge is -2.16. The van der Waals surface area contributed by atoms with Gasteiger partial charge in [-0.2, -0.15) is 0 Å². The summed E-state index contributed by atoms with van der Waals surface area (Å²) >= 11 is 1.64. The highest BCUT2D eigenvalue weighted by Crippen LogP contribution is 2.40. The summed E-state index contributed by atoms with van der Waals surface area (Å²) in [5.74, 6) is -0.348. The zero-order valence-electron chi connectivity index (χ0n) is 21.2. The Labute approximate surface area is 219 Å². The molecule has 1 N–H and O–H groups in total. The Morgan fingerprint density at radius 3 is 2.41 bits per heavy atom. The monoisotopic (exact) mass is 512 g/mol. The van der Waals surface area contributed by atoms with Gasteiger partial charge in [0.2, 0.25) is 0 Å². The predicted octanol–water partition coefficient (Wildman–Crippen LogP) is 5.68. The molecule has 0 amide bonds. The number of fused-ring (bicyclic) bond motifs is 3. The van der Waals surface area contributed by atoms with Crippen LogP contribution < -0.4 is 0 Å². The predicted molar refractivity (Wildman–Crippen MR) is 144 cm³/mol.